The molecule has 5 heteroatoms. The van der Waals surface area contributed by atoms with Gasteiger partial charge < -0.3 is 16.4 Å². The highest BCUT2D eigenvalue weighted by Gasteiger charge is 2.29. The Kier molecular flexibility index (Phi) is 5.45. The number of amides is 3. The van der Waals surface area contributed by atoms with Crippen molar-refractivity contribution in [2.75, 3.05) is 6.54 Å². The molecule has 0 aromatic carbocycles. The summed E-state index contributed by atoms with van der Waals surface area (Å²) < 4.78 is 0. The summed E-state index contributed by atoms with van der Waals surface area (Å²) in [5.41, 5.74) is 4.62. The van der Waals surface area contributed by atoms with Crippen LogP contribution in [0, 0.1) is 5.41 Å². The number of primary amides is 1. The van der Waals surface area contributed by atoms with E-state index in [1.807, 2.05) is 34.6 Å². The van der Waals surface area contributed by atoms with Crippen LogP contribution in [0.4, 0.5) is 4.79 Å². The Labute approximate surface area is 104 Å². The molecule has 0 fully saturated rings. The van der Waals surface area contributed by atoms with E-state index in [0.717, 1.165) is 6.42 Å². The second-order valence-electron chi connectivity index (χ2n) is 5.84. The molecule has 0 unspecified atom stereocenters. The summed E-state index contributed by atoms with van der Waals surface area (Å²) in [4.78, 5) is 22.1. The first-order valence-electron chi connectivity index (χ1n) is 5.92. The van der Waals surface area contributed by atoms with E-state index in [1.165, 1.54) is 0 Å². The Morgan fingerprint density at radius 2 is 1.71 bits per heavy atom. The van der Waals surface area contributed by atoms with Crippen LogP contribution in [0.25, 0.3) is 0 Å². The van der Waals surface area contributed by atoms with Crippen molar-refractivity contribution < 1.29 is 9.59 Å². The summed E-state index contributed by atoms with van der Waals surface area (Å²) >= 11 is 0. The first kappa shape index (κ1) is 15.7. The summed E-state index contributed by atoms with van der Waals surface area (Å²) in [6.45, 7) is 10.3. The van der Waals surface area contributed by atoms with E-state index in [1.54, 1.807) is 0 Å². The van der Waals surface area contributed by atoms with E-state index in [4.69, 9.17) is 5.73 Å². The Bertz CT molecular complexity index is 285. The predicted octanol–water partition coefficient (Wildman–Crippen LogP) is 1.38. The summed E-state index contributed by atoms with van der Waals surface area (Å²) in [5.74, 6) is 0.0358. The Balaban J connectivity index is 4.36. The smallest absolute Gasteiger partial charge is 0.312 e. The first-order chi connectivity index (χ1) is 7.58. The monoisotopic (exact) mass is 243 g/mol. The number of nitrogens with two attached hydrogens (primary N) is 1. The molecule has 100 valence electrons. The summed E-state index contributed by atoms with van der Waals surface area (Å²) in [7, 11) is 0. The molecule has 5 nitrogen and oxygen atoms in total. The fourth-order valence-electron chi connectivity index (χ4n) is 2.10. The van der Waals surface area contributed by atoms with Gasteiger partial charge in [-0.15, -0.1) is 0 Å². The molecule has 0 aromatic rings. The molecule has 0 bridgehead atoms. The zero-order valence-electron chi connectivity index (χ0n) is 11.5. The normalized spacial score (nSPS) is 12.1. The number of carbonyl (C=O) groups excluding carboxylic acids is 2. The number of urea groups is 1. The van der Waals surface area contributed by atoms with Gasteiger partial charge in [-0.2, -0.15) is 0 Å². The Morgan fingerprint density at radius 1 is 1.18 bits per heavy atom. The van der Waals surface area contributed by atoms with Crippen molar-refractivity contribution in [3.05, 3.63) is 0 Å². The molecule has 0 aliphatic heterocycles. The van der Waals surface area contributed by atoms with Crippen LogP contribution in [0.5, 0.6) is 0 Å². The van der Waals surface area contributed by atoms with Gasteiger partial charge in [0.05, 0.1) is 0 Å². The second-order valence-corrected chi connectivity index (χ2v) is 5.84. The number of rotatable bonds is 6. The second kappa shape index (κ2) is 5.89. The van der Waals surface area contributed by atoms with Crippen molar-refractivity contribution >= 4 is 11.9 Å². The van der Waals surface area contributed by atoms with Gasteiger partial charge in [0, 0.05) is 18.5 Å². The minimum absolute atomic E-state index is 0.0358. The van der Waals surface area contributed by atoms with Crippen molar-refractivity contribution in [1.29, 1.82) is 0 Å². The molecule has 0 atom stereocenters. The molecule has 0 radical (unpaired) electrons. The van der Waals surface area contributed by atoms with Crippen LogP contribution in [0.2, 0.25) is 0 Å². The molecule has 0 aromatic heterocycles. The van der Waals surface area contributed by atoms with E-state index in [9.17, 15) is 9.59 Å². The highest BCUT2D eigenvalue weighted by atomic mass is 16.2. The maximum Gasteiger partial charge on any atom is 0.312 e. The Morgan fingerprint density at radius 3 is 2.12 bits per heavy atom. The zero-order chi connectivity index (χ0) is 13.7. The van der Waals surface area contributed by atoms with Gasteiger partial charge in [-0.05, 0) is 25.7 Å². The van der Waals surface area contributed by atoms with E-state index < -0.39 is 6.03 Å². The largest absolute Gasteiger partial charge is 0.352 e. The maximum atomic E-state index is 11.4. The van der Waals surface area contributed by atoms with Crippen LogP contribution < -0.4 is 16.4 Å². The van der Waals surface area contributed by atoms with Crippen LogP contribution in [0.1, 0.15) is 47.5 Å². The zero-order valence-corrected chi connectivity index (χ0v) is 11.5. The molecule has 4 N–H and O–H groups in total. The molecule has 0 saturated carbocycles. The number of hydrogen-bond donors (Lipinski definition) is 3. The van der Waals surface area contributed by atoms with Crippen molar-refractivity contribution in [3.8, 4) is 0 Å². The van der Waals surface area contributed by atoms with Crippen molar-refractivity contribution in [2.45, 2.75) is 53.0 Å². The van der Waals surface area contributed by atoms with Gasteiger partial charge in [-0.1, -0.05) is 20.8 Å². The van der Waals surface area contributed by atoms with Gasteiger partial charge in [0.1, 0.15) is 0 Å². The van der Waals surface area contributed by atoms with Gasteiger partial charge >= 0.3 is 6.03 Å². The highest BCUT2D eigenvalue weighted by Crippen LogP contribution is 2.27. The average molecular weight is 243 g/mol. The molecule has 3 amide bonds. The van der Waals surface area contributed by atoms with Crippen molar-refractivity contribution in [1.82, 2.24) is 10.6 Å². The minimum atomic E-state index is -0.520. The lowest BCUT2D eigenvalue weighted by Gasteiger charge is -2.35. The third-order valence-corrected chi connectivity index (χ3v) is 2.46. The molecule has 0 aliphatic carbocycles. The summed E-state index contributed by atoms with van der Waals surface area (Å²) in [6.07, 6.45) is 1.23. The molecule has 0 saturated heterocycles. The quantitative estimate of drug-likeness (QED) is 0.658. The fraction of sp³-hybridized carbons (Fsp3) is 0.833. The Hall–Kier alpha value is -1.26. The van der Waals surface area contributed by atoms with Crippen LogP contribution in [0.3, 0.4) is 0 Å². The maximum absolute atomic E-state index is 11.4. The van der Waals surface area contributed by atoms with Gasteiger partial charge in [0.25, 0.3) is 0 Å². The first-order valence-corrected chi connectivity index (χ1v) is 5.92. The molecular weight excluding hydrogens is 218 g/mol. The topological polar surface area (TPSA) is 84.2 Å². The predicted molar refractivity (Wildman–Crippen MR) is 68.5 cm³/mol. The highest BCUT2D eigenvalue weighted by molar-refractivity contribution is 5.76. The molecule has 17 heavy (non-hydrogen) atoms. The summed E-state index contributed by atoms with van der Waals surface area (Å²) in [6, 6.07) is -0.520. The van der Waals surface area contributed by atoms with Crippen molar-refractivity contribution in [3.63, 3.8) is 0 Å². The van der Waals surface area contributed by atoms with Crippen LogP contribution >= 0.6 is 0 Å². The van der Waals surface area contributed by atoms with Gasteiger partial charge in [0.15, 0.2) is 0 Å². The van der Waals surface area contributed by atoms with Crippen LogP contribution in [0.15, 0.2) is 0 Å². The standard InChI is InChI=1S/C12H25N3O2/c1-6-9(16)15-12(4,5)7-11(2,3)8-14-10(13)17/h6-8H2,1-5H3,(H,15,16)(H3,13,14,17). The average Bonchev–Trinajstić information content (AvgIpc) is 2.12. The van der Waals surface area contributed by atoms with E-state index in [0.29, 0.717) is 13.0 Å². The molecule has 0 rings (SSSR count). The summed E-state index contributed by atoms with van der Waals surface area (Å²) in [5, 5.41) is 5.57. The van der Waals surface area contributed by atoms with E-state index >= 15 is 0 Å². The minimum Gasteiger partial charge on any atom is -0.352 e. The van der Waals surface area contributed by atoms with E-state index in [2.05, 4.69) is 10.6 Å². The van der Waals surface area contributed by atoms with E-state index in [-0.39, 0.29) is 16.9 Å². The van der Waals surface area contributed by atoms with Gasteiger partial charge in [-0.3, -0.25) is 4.79 Å². The molecular formula is C12H25N3O2. The van der Waals surface area contributed by atoms with Gasteiger partial charge in [0.2, 0.25) is 5.91 Å². The molecule has 0 aliphatic rings. The number of hydrogen-bond acceptors (Lipinski definition) is 2. The third-order valence-electron chi connectivity index (χ3n) is 2.46. The lowest BCUT2D eigenvalue weighted by atomic mass is 9.80. The van der Waals surface area contributed by atoms with Crippen molar-refractivity contribution in [2.24, 2.45) is 11.1 Å². The number of nitrogens with one attached hydrogen (secondary N) is 2. The molecule has 0 spiro atoms. The SMILES string of the molecule is CCC(=O)NC(C)(C)CC(C)(C)CNC(N)=O. The van der Waals surface area contributed by atoms with Crippen LogP contribution in [-0.4, -0.2) is 24.0 Å². The fourth-order valence-corrected chi connectivity index (χ4v) is 2.10. The third kappa shape index (κ3) is 7.60. The number of carbonyl (C=O) groups is 2. The molecule has 0 heterocycles. The van der Waals surface area contributed by atoms with Crippen LogP contribution in [-0.2, 0) is 4.79 Å². The van der Waals surface area contributed by atoms with Gasteiger partial charge in [-0.25, -0.2) is 4.79 Å². The lowest BCUT2D eigenvalue weighted by molar-refractivity contribution is -0.122. The lowest BCUT2D eigenvalue weighted by Crippen LogP contribution is -2.48.